The van der Waals surface area contributed by atoms with Crippen LogP contribution in [0, 0.1) is 5.92 Å². The Balaban J connectivity index is 1.69. The summed E-state index contributed by atoms with van der Waals surface area (Å²) in [6, 6.07) is 14.8. The van der Waals surface area contributed by atoms with Gasteiger partial charge in [-0.2, -0.15) is 0 Å². The molecule has 6 nitrogen and oxygen atoms in total. The van der Waals surface area contributed by atoms with Crippen molar-refractivity contribution < 1.29 is 19.1 Å². The van der Waals surface area contributed by atoms with E-state index >= 15 is 0 Å². The number of amides is 1. The van der Waals surface area contributed by atoms with Crippen LogP contribution in [0.4, 0.5) is 5.69 Å². The number of aromatic nitrogens is 1. The van der Waals surface area contributed by atoms with Gasteiger partial charge in [0.15, 0.2) is 5.58 Å². The van der Waals surface area contributed by atoms with Gasteiger partial charge in [0.25, 0.3) is 0 Å². The summed E-state index contributed by atoms with van der Waals surface area (Å²) in [6.07, 6.45) is 0.0292. The molecule has 0 spiro atoms. The van der Waals surface area contributed by atoms with Crippen molar-refractivity contribution in [3.63, 3.8) is 0 Å². The molecular formula is C18H14N2O4. The molecule has 1 aromatic heterocycles. The van der Waals surface area contributed by atoms with Crippen LogP contribution >= 0.6 is 0 Å². The van der Waals surface area contributed by atoms with E-state index in [1.807, 2.05) is 30.3 Å². The normalized spacial score (nSPS) is 17.6. The monoisotopic (exact) mass is 322 g/mol. The van der Waals surface area contributed by atoms with E-state index in [2.05, 4.69) is 4.98 Å². The second-order valence-electron chi connectivity index (χ2n) is 5.78. The zero-order chi connectivity index (χ0) is 16.7. The SMILES string of the molecule is O=C(O)[C@H]1CC(=O)N(c2ccc3oc(-c4ccccc4)nc3c2)C1. The second-order valence-corrected chi connectivity index (χ2v) is 5.78. The Morgan fingerprint density at radius 2 is 2.00 bits per heavy atom. The van der Waals surface area contributed by atoms with Crippen molar-refractivity contribution in [3.05, 3.63) is 48.5 Å². The quantitative estimate of drug-likeness (QED) is 0.801. The third-order valence-electron chi connectivity index (χ3n) is 4.18. The summed E-state index contributed by atoms with van der Waals surface area (Å²) in [7, 11) is 0. The lowest BCUT2D eigenvalue weighted by Gasteiger charge is -2.15. The Bertz CT molecular complexity index is 933. The lowest BCUT2D eigenvalue weighted by atomic mass is 10.1. The second kappa shape index (κ2) is 5.49. The van der Waals surface area contributed by atoms with Crippen LogP contribution in [0.1, 0.15) is 6.42 Å². The molecule has 1 fully saturated rings. The van der Waals surface area contributed by atoms with Crippen LogP contribution in [-0.4, -0.2) is 28.5 Å². The highest BCUT2D eigenvalue weighted by Crippen LogP contribution is 2.30. The molecule has 2 heterocycles. The van der Waals surface area contributed by atoms with E-state index in [0.29, 0.717) is 22.7 Å². The fourth-order valence-electron chi connectivity index (χ4n) is 2.91. The van der Waals surface area contributed by atoms with E-state index < -0.39 is 11.9 Å². The van der Waals surface area contributed by atoms with Crippen LogP contribution in [0.2, 0.25) is 0 Å². The van der Waals surface area contributed by atoms with Crippen molar-refractivity contribution in [1.29, 1.82) is 0 Å². The van der Waals surface area contributed by atoms with Gasteiger partial charge in [-0.15, -0.1) is 0 Å². The molecule has 1 aliphatic heterocycles. The Hall–Kier alpha value is -3.15. The maximum absolute atomic E-state index is 12.1. The van der Waals surface area contributed by atoms with Gasteiger partial charge in [0.05, 0.1) is 5.92 Å². The average Bonchev–Trinajstić information content (AvgIpc) is 3.18. The van der Waals surface area contributed by atoms with E-state index in [-0.39, 0.29) is 18.9 Å². The number of carboxylic acids is 1. The number of hydrogen-bond donors (Lipinski definition) is 1. The summed E-state index contributed by atoms with van der Waals surface area (Å²) in [5.41, 5.74) is 2.78. The van der Waals surface area contributed by atoms with Crippen molar-refractivity contribution in [2.75, 3.05) is 11.4 Å². The minimum Gasteiger partial charge on any atom is -0.481 e. The number of anilines is 1. The number of carboxylic acid groups (broad SMARTS) is 1. The number of benzene rings is 2. The van der Waals surface area contributed by atoms with E-state index in [0.717, 1.165) is 5.56 Å². The molecule has 0 saturated carbocycles. The number of carbonyl (C=O) groups excluding carboxylic acids is 1. The first-order chi connectivity index (χ1) is 11.6. The number of rotatable bonds is 3. The first-order valence-corrected chi connectivity index (χ1v) is 7.61. The van der Waals surface area contributed by atoms with E-state index in [1.54, 1.807) is 18.2 Å². The van der Waals surface area contributed by atoms with Gasteiger partial charge in [-0.25, -0.2) is 4.98 Å². The van der Waals surface area contributed by atoms with Crippen LogP contribution in [-0.2, 0) is 9.59 Å². The summed E-state index contributed by atoms with van der Waals surface area (Å²) < 4.78 is 5.75. The largest absolute Gasteiger partial charge is 0.481 e. The highest BCUT2D eigenvalue weighted by molar-refractivity contribution is 6.00. The van der Waals surface area contributed by atoms with Crippen LogP contribution in [0.3, 0.4) is 0 Å². The Labute approximate surface area is 137 Å². The van der Waals surface area contributed by atoms with Crippen molar-refractivity contribution in [2.45, 2.75) is 6.42 Å². The summed E-state index contributed by atoms with van der Waals surface area (Å²) in [5.74, 6) is -1.28. The first-order valence-electron chi connectivity index (χ1n) is 7.61. The maximum atomic E-state index is 12.1. The number of oxazole rings is 1. The molecule has 120 valence electrons. The molecule has 3 aromatic rings. The lowest BCUT2D eigenvalue weighted by molar-refractivity contribution is -0.141. The molecular weight excluding hydrogens is 308 g/mol. The third-order valence-corrected chi connectivity index (χ3v) is 4.18. The van der Waals surface area contributed by atoms with Crippen molar-refractivity contribution in [2.24, 2.45) is 5.92 Å². The first kappa shape index (κ1) is 14.4. The smallest absolute Gasteiger partial charge is 0.308 e. The fourth-order valence-corrected chi connectivity index (χ4v) is 2.91. The predicted molar refractivity (Wildman–Crippen MR) is 87.5 cm³/mol. The summed E-state index contributed by atoms with van der Waals surface area (Å²) in [6.45, 7) is 0.184. The average molecular weight is 322 g/mol. The van der Waals surface area contributed by atoms with Crippen LogP contribution in [0.5, 0.6) is 0 Å². The van der Waals surface area contributed by atoms with Crippen molar-refractivity contribution in [1.82, 2.24) is 4.98 Å². The number of hydrogen-bond acceptors (Lipinski definition) is 4. The Morgan fingerprint density at radius 3 is 2.71 bits per heavy atom. The number of carbonyl (C=O) groups is 2. The van der Waals surface area contributed by atoms with Crippen molar-refractivity contribution in [3.8, 4) is 11.5 Å². The molecule has 24 heavy (non-hydrogen) atoms. The predicted octanol–water partition coefficient (Wildman–Crippen LogP) is 2.93. The number of nitrogens with zero attached hydrogens (tertiary/aromatic N) is 2. The molecule has 4 rings (SSSR count). The van der Waals surface area contributed by atoms with E-state index in [4.69, 9.17) is 9.52 Å². The van der Waals surface area contributed by atoms with E-state index in [9.17, 15) is 9.59 Å². The molecule has 1 atom stereocenters. The minimum atomic E-state index is -0.945. The molecule has 0 radical (unpaired) electrons. The van der Waals surface area contributed by atoms with Gasteiger partial charge in [-0.1, -0.05) is 18.2 Å². The van der Waals surface area contributed by atoms with E-state index in [1.165, 1.54) is 4.90 Å². The van der Waals surface area contributed by atoms with Crippen LogP contribution < -0.4 is 4.90 Å². The highest BCUT2D eigenvalue weighted by atomic mass is 16.4. The minimum absolute atomic E-state index is 0.0292. The van der Waals surface area contributed by atoms with Gasteiger partial charge < -0.3 is 14.4 Å². The van der Waals surface area contributed by atoms with Gasteiger partial charge in [-0.3, -0.25) is 9.59 Å². The molecule has 1 amide bonds. The zero-order valence-electron chi connectivity index (χ0n) is 12.7. The molecule has 0 unspecified atom stereocenters. The zero-order valence-corrected chi connectivity index (χ0v) is 12.7. The van der Waals surface area contributed by atoms with Gasteiger partial charge in [0.2, 0.25) is 11.8 Å². The molecule has 0 aliphatic carbocycles. The van der Waals surface area contributed by atoms with Crippen LogP contribution in [0.15, 0.2) is 52.9 Å². The molecule has 2 aromatic carbocycles. The third kappa shape index (κ3) is 2.42. The topological polar surface area (TPSA) is 83.6 Å². The van der Waals surface area contributed by atoms with Crippen molar-refractivity contribution >= 4 is 28.7 Å². The molecule has 1 N–H and O–H groups in total. The van der Waals surface area contributed by atoms with Gasteiger partial charge in [0, 0.05) is 24.2 Å². The Kier molecular flexibility index (Phi) is 3.30. The Morgan fingerprint density at radius 1 is 1.21 bits per heavy atom. The number of aliphatic carboxylic acids is 1. The molecule has 6 heteroatoms. The summed E-state index contributed by atoms with van der Waals surface area (Å²) >= 11 is 0. The summed E-state index contributed by atoms with van der Waals surface area (Å²) in [5, 5.41) is 9.09. The molecule has 1 saturated heterocycles. The van der Waals surface area contributed by atoms with Gasteiger partial charge in [0.1, 0.15) is 5.52 Å². The molecule has 0 bridgehead atoms. The van der Waals surface area contributed by atoms with Gasteiger partial charge in [-0.05, 0) is 30.3 Å². The van der Waals surface area contributed by atoms with Crippen LogP contribution in [0.25, 0.3) is 22.6 Å². The standard InChI is InChI=1S/C18H14N2O4/c21-16-8-12(18(22)23)10-20(16)13-6-7-15-14(9-13)19-17(24-15)11-4-2-1-3-5-11/h1-7,9,12H,8,10H2,(H,22,23)/t12-/m0/s1. The van der Waals surface area contributed by atoms with Gasteiger partial charge >= 0.3 is 5.97 Å². The fraction of sp³-hybridized carbons (Fsp3) is 0.167. The number of fused-ring (bicyclic) bond motifs is 1. The summed E-state index contributed by atoms with van der Waals surface area (Å²) in [4.78, 5) is 29.1. The maximum Gasteiger partial charge on any atom is 0.308 e. The lowest BCUT2D eigenvalue weighted by Crippen LogP contribution is -2.25. The molecule has 1 aliphatic rings. The highest BCUT2D eigenvalue weighted by Gasteiger charge is 2.35.